The third kappa shape index (κ3) is 11.4. The van der Waals surface area contributed by atoms with E-state index >= 15 is 0 Å². The van der Waals surface area contributed by atoms with Gasteiger partial charge in [-0.05, 0) is 39.3 Å². The van der Waals surface area contributed by atoms with Gasteiger partial charge in [0.15, 0.2) is 0 Å². The Kier molecular flexibility index (Phi) is 6.81. The first-order valence-electron chi connectivity index (χ1n) is 4.98. The fourth-order valence-electron chi connectivity index (χ4n) is 1.50. The standard InChI is InChI=1S/C6H18Cl4O3Si4/c1-14(2,12-16(5,7)8)11-15(3,4)13-17(6,9)10/h1-6H3. The van der Waals surface area contributed by atoms with Crippen molar-refractivity contribution in [2.24, 2.45) is 0 Å². The van der Waals surface area contributed by atoms with E-state index in [9.17, 15) is 0 Å². The average Bonchev–Trinajstić information content (AvgIpc) is 1.65. The molecule has 0 spiro atoms. The predicted molar refractivity (Wildman–Crippen MR) is 84.9 cm³/mol. The zero-order valence-corrected chi connectivity index (χ0v) is 17.8. The smallest absolute Gasteiger partial charge is 0.377 e. The molecule has 0 radical (unpaired) electrons. The Balaban J connectivity index is 4.59. The van der Waals surface area contributed by atoms with Crippen LogP contribution >= 0.6 is 44.3 Å². The van der Waals surface area contributed by atoms with Crippen LogP contribution < -0.4 is 0 Å². The second kappa shape index (κ2) is 6.13. The molecule has 17 heavy (non-hydrogen) atoms. The van der Waals surface area contributed by atoms with Crippen molar-refractivity contribution in [3.63, 3.8) is 0 Å². The molecule has 0 atom stereocenters. The average molecular weight is 392 g/mol. The molecule has 0 N–H and O–H groups in total. The monoisotopic (exact) mass is 390 g/mol. The second-order valence-corrected chi connectivity index (χ2v) is 25.8. The molecule has 0 amide bonds. The summed E-state index contributed by atoms with van der Waals surface area (Å²) in [6, 6.07) is 0. The molecular weight excluding hydrogens is 374 g/mol. The van der Waals surface area contributed by atoms with Gasteiger partial charge < -0.3 is 12.3 Å². The van der Waals surface area contributed by atoms with Crippen LogP contribution in [0.2, 0.25) is 39.3 Å². The summed E-state index contributed by atoms with van der Waals surface area (Å²) in [5.41, 5.74) is 0. The first-order valence-corrected chi connectivity index (χ1v) is 19.5. The maximum absolute atomic E-state index is 5.95. The summed E-state index contributed by atoms with van der Waals surface area (Å²) in [6.07, 6.45) is 0. The molecule has 11 heteroatoms. The van der Waals surface area contributed by atoms with Gasteiger partial charge in [-0.1, -0.05) is 0 Å². The molecule has 0 aliphatic carbocycles. The molecule has 3 nitrogen and oxygen atoms in total. The van der Waals surface area contributed by atoms with Crippen molar-refractivity contribution in [2.75, 3.05) is 0 Å². The zero-order chi connectivity index (χ0) is 14.1. The van der Waals surface area contributed by atoms with E-state index in [0.29, 0.717) is 0 Å². The van der Waals surface area contributed by atoms with Crippen molar-refractivity contribution in [3.05, 3.63) is 0 Å². The van der Waals surface area contributed by atoms with Gasteiger partial charge in [-0.25, -0.2) is 0 Å². The predicted octanol–water partition coefficient (Wildman–Crippen LogP) is 4.53. The van der Waals surface area contributed by atoms with Crippen LogP contribution in [0.15, 0.2) is 0 Å². The summed E-state index contributed by atoms with van der Waals surface area (Å²) >= 11 is 23.8. The first-order chi connectivity index (χ1) is 7.12. The fourth-order valence-corrected chi connectivity index (χ4v) is 20.9. The van der Waals surface area contributed by atoms with Crippen LogP contribution in [0.25, 0.3) is 0 Å². The van der Waals surface area contributed by atoms with Crippen LogP contribution in [0.5, 0.6) is 0 Å². The van der Waals surface area contributed by atoms with E-state index in [0.717, 1.165) is 0 Å². The summed E-state index contributed by atoms with van der Waals surface area (Å²) in [7, 11) is -4.87. The normalized spacial score (nSPS) is 15.2. The lowest BCUT2D eigenvalue weighted by atomic mass is 11.9. The summed E-state index contributed by atoms with van der Waals surface area (Å²) in [5.74, 6) is 0. The van der Waals surface area contributed by atoms with Crippen molar-refractivity contribution >= 4 is 75.3 Å². The minimum Gasteiger partial charge on any atom is -0.416 e. The maximum Gasteiger partial charge on any atom is 0.377 e. The van der Waals surface area contributed by atoms with Gasteiger partial charge in [0.1, 0.15) is 0 Å². The van der Waals surface area contributed by atoms with Crippen molar-refractivity contribution in [1.29, 1.82) is 0 Å². The maximum atomic E-state index is 5.95. The van der Waals surface area contributed by atoms with E-state index in [1.165, 1.54) is 0 Å². The molecule has 0 bridgehead atoms. The van der Waals surface area contributed by atoms with Gasteiger partial charge in [0.2, 0.25) is 0 Å². The molecule has 0 fully saturated rings. The molecule has 0 aliphatic heterocycles. The Labute approximate surface area is 126 Å². The topological polar surface area (TPSA) is 27.7 Å². The van der Waals surface area contributed by atoms with Crippen LogP contribution in [0.3, 0.4) is 0 Å². The number of hydrogen-bond acceptors (Lipinski definition) is 3. The molecule has 0 rings (SSSR count). The number of rotatable bonds is 6. The summed E-state index contributed by atoms with van der Waals surface area (Å²) in [6.45, 7) is 5.57. The SMILES string of the molecule is C[Si](Cl)(Cl)O[Si](C)(C)O[Si](C)(C)O[Si](C)(Cl)Cl. The Morgan fingerprint density at radius 2 is 0.765 bits per heavy atom. The Morgan fingerprint density at radius 3 is 0.941 bits per heavy atom. The largest absolute Gasteiger partial charge is 0.416 e. The lowest BCUT2D eigenvalue weighted by Crippen LogP contribution is -2.53. The van der Waals surface area contributed by atoms with Crippen molar-refractivity contribution in [2.45, 2.75) is 39.3 Å². The number of hydrogen-bond donors (Lipinski definition) is 0. The fraction of sp³-hybridized carbons (Fsp3) is 1.00. The van der Waals surface area contributed by atoms with E-state index < -0.39 is 31.0 Å². The van der Waals surface area contributed by atoms with Crippen LogP contribution in [-0.2, 0) is 12.3 Å². The molecule has 104 valence electrons. The molecule has 0 aromatic rings. The van der Waals surface area contributed by atoms with E-state index in [1.807, 2.05) is 26.2 Å². The molecule has 0 aliphatic rings. The molecule has 0 saturated heterocycles. The van der Waals surface area contributed by atoms with Crippen molar-refractivity contribution < 1.29 is 12.3 Å². The summed E-state index contributed by atoms with van der Waals surface area (Å²) in [4.78, 5) is 0. The van der Waals surface area contributed by atoms with E-state index in [-0.39, 0.29) is 0 Å². The number of halogens is 4. The molecule has 0 aromatic carbocycles. The zero-order valence-electron chi connectivity index (χ0n) is 10.7. The van der Waals surface area contributed by atoms with E-state index in [1.54, 1.807) is 13.1 Å². The third-order valence-electron chi connectivity index (χ3n) is 1.34. The van der Waals surface area contributed by atoms with Crippen molar-refractivity contribution in [3.8, 4) is 0 Å². The third-order valence-corrected chi connectivity index (χ3v) is 14.9. The van der Waals surface area contributed by atoms with Crippen LogP contribution in [-0.4, -0.2) is 31.0 Å². The van der Waals surface area contributed by atoms with Crippen LogP contribution in [0.4, 0.5) is 0 Å². The highest BCUT2D eigenvalue weighted by atomic mass is 35.7. The summed E-state index contributed by atoms with van der Waals surface area (Å²) < 4.78 is 17.2. The first kappa shape index (κ1) is 18.9. The highest BCUT2D eigenvalue weighted by Crippen LogP contribution is 2.28. The highest BCUT2D eigenvalue weighted by Gasteiger charge is 2.44. The van der Waals surface area contributed by atoms with Gasteiger partial charge in [0.25, 0.3) is 0 Å². The Morgan fingerprint density at radius 1 is 0.529 bits per heavy atom. The second-order valence-electron chi connectivity index (χ2n) is 4.72. The van der Waals surface area contributed by atoms with E-state index in [2.05, 4.69) is 0 Å². The lowest BCUT2D eigenvalue weighted by Gasteiger charge is -2.36. The molecule has 0 aromatic heterocycles. The lowest BCUT2D eigenvalue weighted by molar-refractivity contribution is 0.341. The Bertz CT molecular complexity index is 237. The highest BCUT2D eigenvalue weighted by molar-refractivity contribution is 7.43. The van der Waals surface area contributed by atoms with Gasteiger partial charge in [-0.3, -0.25) is 0 Å². The minimum absolute atomic E-state index is 1.69. The van der Waals surface area contributed by atoms with Crippen LogP contribution in [0, 0.1) is 0 Å². The van der Waals surface area contributed by atoms with Gasteiger partial charge >= 0.3 is 31.0 Å². The molecular formula is C6H18Cl4O3Si4. The molecule has 0 unspecified atom stereocenters. The van der Waals surface area contributed by atoms with Gasteiger partial charge in [-0.15, -0.1) is 44.3 Å². The Hall–Kier alpha value is 1.91. The van der Waals surface area contributed by atoms with E-state index in [4.69, 9.17) is 56.7 Å². The van der Waals surface area contributed by atoms with Gasteiger partial charge in [0.05, 0.1) is 0 Å². The summed E-state index contributed by atoms with van der Waals surface area (Å²) in [5, 5.41) is 0. The van der Waals surface area contributed by atoms with Gasteiger partial charge in [0, 0.05) is 0 Å². The van der Waals surface area contributed by atoms with Gasteiger partial charge in [-0.2, -0.15) is 0 Å². The molecule has 0 heterocycles. The minimum atomic E-state index is -2.66. The van der Waals surface area contributed by atoms with Crippen LogP contribution in [0.1, 0.15) is 0 Å². The quantitative estimate of drug-likeness (QED) is 0.491. The molecule has 0 saturated carbocycles. The van der Waals surface area contributed by atoms with Crippen molar-refractivity contribution in [1.82, 2.24) is 0 Å².